The summed E-state index contributed by atoms with van der Waals surface area (Å²) in [7, 11) is 4.45. The number of hydrogen-bond acceptors (Lipinski definition) is 8. The molecule has 0 heterocycles. The Labute approximate surface area is 305 Å². The van der Waals surface area contributed by atoms with Crippen molar-refractivity contribution in [3.63, 3.8) is 0 Å². The summed E-state index contributed by atoms with van der Waals surface area (Å²) in [5.41, 5.74) is 8.05. The monoisotopic (exact) mass is 716 g/mol. The molecule has 0 aliphatic heterocycles. The van der Waals surface area contributed by atoms with Gasteiger partial charge in [-0.25, -0.2) is 0 Å². The van der Waals surface area contributed by atoms with Gasteiger partial charge in [0.2, 0.25) is 11.7 Å². The highest BCUT2D eigenvalue weighted by atomic mass is 32.2. The topological polar surface area (TPSA) is 158 Å². The first kappa shape index (κ1) is 36.7. The van der Waals surface area contributed by atoms with Crippen LogP contribution in [0.3, 0.4) is 0 Å². The molecule has 5 N–H and O–H groups in total. The van der Waals surface area contributed by atoms with Gasteiger partial charge in [-0.2, -0.15) is 0 Å². The highest BCUT2D eigenvalue weighted by Crippen LogP contribution is 2.39. The number of nitrogens with two attached hydrogens (primary N) is 1. The van der Waals surface area contributed by atoms with E-state index in [9.17, 15) is 19.2 Å². The van der Waals surface area contributed by atoms with E-state index in [1.807, 2.05) is 30.3 Å². The Morgan fingerprint density at radius 2 is 1.31 bits per heavy atom. The lowest BCUT2D eigenvalue weighted by Crippen LogP contribution is -2.30. The Kier molecular flexibility index (Phi) is 12.3. The normalized spacial score (nSPS) is 11.5. The molecule has 11 nitrogen and oxygen atoms in total. The fourth-order valence-electron chi connectivity index (χ4n) is 5.15. The highest BCUT2D eigenvalue weighted by molar-refractivity contribution is 8.00. The van der Waals surface area contributed by atoms with Gasteiger partial charge in [-0.1, -0.05) is 60.7 Å². The van der Waals surface area contributed by atoms with Crippen molar-refractivity contribution in [1.29, 1.82) is 0 Å². The van der Waals surface area contributed by atoms with Crippen molar-refractivity contribution in [1.82, 2.24) is 5.32 Å². The summed E-state index contributed by atoms with van der Waals surface area (Å²) in [6.07, 6.45) is 1.50. The molecule has 4 amide bonds. The Morgan fingerprint density at radius 3 is 1.90 bits per heavy atom. The lowest BCUT2D eigenvalue weighted by Gasteiger charge is -2.18. The molecule has 0 saturated carbocycles. The maximum atomic E-state index is 13.7. The third-order valence-corrected chi connectivity index (χ3v) is 8.95. The molecule has 0 aliphatic carbocycles. The van der Waals surface area contributed by atoms with Crippen molar-refractivity contribution < 1.29 is 33.4 Å². The fraction of sp³-hybridized carbons (Fsp3) is 0.100. The van der Waals surface area contributed by atoms with Crippen LogP contribution in [0.5, 0.6) is 17.2 Å². The van der Waals surface area contributed by atoms with Crippen LogP contribution in [0.2, 0.25) is 0 Å². The zero-order chi connectivity index (χ0) is 37.0. The van der Waals surface area contributed by atoms with Crippen LogP contribution in [0.25, 0.3) is 6.08 Å². The highest BCUT2D eigenvalue weighted by Gasteiger charge is 2.24. The Bertz CT molecular complexity index is 2060. The Morgan fingerprint density at radius 1 is 0.712 bits per heavy atom. The van der Waals surface area contributed by atoms with E-state index >= 15 is 0 Å². The smallest absolute Gasteiger partial charge is 0.272 e. The van der Waals surface area contributed by atoms with Gasteiger partial charge in [0.15, 0.2) is 11.5 Å². The van der Waals surface area contributed by atoms with Crippen LogP contribution in [0.15, 0.2) is 132 Å². The van der Waals surface area contributed by atoms with Crippen LogP contribution in [0, 0.1) is 0 Å². The van der Waals surface area contributed by atoms with E-state index in [1.165, 1.54) is 39.2 Å². The Hall–Kier alpha value is -6.53. The first-order valence-corrected chi connectivity index (χ1v) is 16.8. The molecule has 0 saturated heterocycles. The molecule has 5 aromatic carbocycles. The summed E-state index contributed by atoms with van der Waals surface area (Å²) < 4.78 is 16.3. The van der Waals surface area contributed by atoms with E-state index in [0.717, 1.165) is 10.5 Å². The molecular weight excluding hydrogens is 681 g/mol. The number of primary amides is 1. The van der Waals surface area contributed by atoms with E-state index in [1.54, 1.807) is 91.0 Å². The van der Waals surface area contributed by atoms with Crippen molar-refractivity contribution in [3.05, 3.63) is 149 Å². The molecule has 0 aromatic heterocycles. The van der Waals surface area contributed by atoms with Crippen LogP contribution in [-0.4, -0.2) is 45.0 Å². The summed E-state index contributed by atoms with van der Waals surface area (Å²) in [6, 6.07) is 34.5. The molecule has 5 rings (SSSR count). The van der Waals surface area contributed by atoms with Gasteiger partial charge in [-0.3, -0.25) is 19.2 Å². The maximum absolute atomic E-state index is 13.7. The van der Waals surface area contributed by atoms with Crippen LogP contribution in [0.4, 0.5) is 11.4 Å². The van der Waals surface area contributed by atoms with E-state index in [2.05, 4.69) is 16.0 Å². The third-order valence-electron chi connectivity index (χ3n) is 7.68. The summed E-state index contributed by atoms with van der Waals surface area (Å²) in [6.45, 7) is 0. The standard InChI is InChI=1S/C40H36N4O7S/c1-49-33-23-25(24-34(50-2)35(33)51-3)22-32(44-38(46)27-14-8-5-9-15-27)39(47)42-28-18-20-29(21-19-28)52-36(26-12-6-4-7-13-26)40(48)43-31-17-11-10-16-30(31)37(41)45/h4-24,36H,1-3H3,(H2,41,45)(H,42,47)(H,43,48)(H,44,46)/b32-22-. The number of amides is 4. The molecule has 1 unspecified atom stereocenters. The number of anilines is 2. The average molecular weight is 717 g/mol. The number of para-hydroxylation sites is 1. The molecular formula is C40H36N4O7S. The number of hydrogen-bond donors (Lipinski definition) is 4. The first-order chi connectivity index (χ1) is 25.2. The van der Waals surface area contributed by atoms with Crippen molar-refractivity contribution in [2.45, 2.75) is 10.1 Å². The van der Waals surface area contributed by atoms with Gasteiger partial charge in [0.25, 0.3) is 17.7 Å². The van der Waals surface area contributed by atoms with E-state index in [0.29, 0.717) is 39.8 Å². The molecule has 0 radical (unpaired) electrons. The van der Waals surface area contributed by atoms with Crippen molar-refractivity contribution in [2.75, 3.05) is 32.0 Å². The predicted octanol–water partition coefficient (Wildman–Crippen LogP) is 6.69. The van der Waals surface area contributed by atoms with Gasteiger partial charge < -0.3 is 35.9 Å². The van der Waals surface area contributed by atoms with E-state index in [-0.39, 0.29) is 17.2 Å². The van der Waals surface area contributed by atoms with Crippen LogP contribution < -0.4 is 35.9 Å². The molecule has 52 heavy (non-hydrogen) atoms. The number of methoxy groups -OCH3 is 3. The average Bonchev–Trinajstić information content (AvgIpc) is 3.17. The lowest BCUT2D eigenvalue weighted by atomic mass is 10.1. The number of carbonyl (C=O) groups is 4. The number of thioether (sulfide) groups is 1. The van der Waals surface area contributed by atoms with Crippen LogP contribution in [-0.2, 0) is 9.59 Å². The second-order valence-electron chi connectivity index (χ2n) is 11.1. The molecule has 1 atom stereocenters. The molecule has 0 aliphatic rings. The van der Waals surface area contributed by atoms with E-state index < -0.39 is 23.0 Å². The molecule has 0 bridgehead atoms. The minimum atomic E-state index is -0.691. The number of carbonyl (C=O) groups excluding carboxylic acids is 4. The van der Waals surface area contributed by atoms with E-state index in [4.69, 9.17) is 19.9 Å². The number of ether oxygens (including phenoxy) is 3. The molecule has 5 aromatic rings. The quantitative estimate of drug-likeness (QED) is 0.0731. The Balaban J connectivity index is 1.39. The minimum absolute atomic E-state index is 0.0429. The first-order valence-electron chi connectivity index (χ1n) is 15.9. The molecule has 0 spiro atoms. The predicted molar refractivity (Wildman–Crippen MR) is 202 cm³/mol. The molecule has 12 heteroatoms. The second kappa shape index (κ2) is 17.4. The molecule has 264 valence electrons. The van der Waals surface area contributed by atoms with Crippen molar-refractivity contribution in [2.24, 2.45) is 5.73 Å². The van der Waals surface area contributed by atoms with Crippen LogP contribution in [0.1, 0.15) is 37.1 Å². The SMILES string of the molecule is COc1cc(/C=C(\NC(=O)c2ccccc2)C(=O)Nc2ccc(SC(C(=O)Nc3ccccc3C(N)=O)c3ccccc3)cc2)cc(OC)c1OC. The minimum Gasteiger partial charge on any atom is -0.493 e. The zero-order valence-corrected chi connectivity index (χ0v) is 29.4. The summed E-state index contributed by atoms with van der Waals surface area (Å²) in [5, 5.41) is 7.72. The summed E-state index contributed by atoms with van der Waals surface area (Å²) in [5.74, 6) is -0.957. The summed E-state index contributed by atoms with van der Waals surface area (Å²) >= 11 is 1.29. The van der Waals surface area contributed by atoms with Gasteiger partial charge in [-0.15, -0.1) is 11.8 Å². The maximum Gasteiger partial charge on any atom is 0.272 e. The van der Waals surface area contributed by atoms with Gasteiger partial charge in [0, 0.05) is 16.1 Å². The van der Waals surface area contributed by atoms with Gasteiger partial charge in [-0.05, 0) is 77.9 Å². The fourth-order valence-corrected chi connectivity index (χ4v) is 6.18. The second-order valence-corrected chi connectivity index (χ2v) is 12.3. The summed E-state index contributed by atoms with van der Waals surface area (Å²) in [4.78, 5) is 53.2. The number of rotatable bonds is 14. The molecule has 0 fully saturated rings. The van der Waals surface area contributed by atoms with Crippen LogP contribution >= 0.6 is 11.8 Å². The lowest BCUT2D eigenvalue weighted by molar-refractivity contribution is -0.116. The van der Waals surface area contributed by atoms with Crippen molar-refractivity contribution >= 4 is 52.8 Å². The number of nitrogens with one attached hydrogen (secondary N) is 3. The van der Waals surface area contributed by atoms with Gasteiger partial charge in [0.1, 0.15) is 10.9 Å². The van der Waals surface area contributed by atoms with Crippen molar-refractivity contribution in [3.8, 4) is 17.2 Å². The zero-order valence-electron chi connectivity index (χ0n) is 28.5. The number of benzene rings is 5. The third kappa shape index (κ3) is 9.17. The van der Waals surface area contributed by atoms with Gasteiger partial charge in [0.05, 0.1) is 32.6 Å². The van der Waals surface area contributed by atoms with Gasteiger partial charge >= 0.3 is 0 Å². The largest absolute Gasteiger partial charge is 0.493 e.